The third kappa shape index (κ3) is 7.93. The molecule has 0 bridgehead atoms. The van der Waals surface area contributed by atoms with E-state index in [0.29, 0.717) is 30.2 Å². The van der Waals surface area contributed by atoms with E-state index in [1.165, 1.54) is 0 Å². The number of ether oxygens (including phenoxy) is 1. The van der Waals surface area contributed by atoms with Crippen LogP contribution in [0.25, 0.3) is 0 Å². The summed E-state index contributed by atoms with van der Waals surface area (Å²) in [6.07, 6.45) is -5.21. The van der Waals surface area contributed by atoms with Crippen LogP contribution in [0.4, 0.5) is 35.0 Å². The van der Waals surface area contributed by atoms with Crippen LogP contribution in [-0.2, 0) is 16.1 Å². The molecule has 0 aromatic heterocycles. The number of alkyl halides is 3. The Kier molecular flexibility index (Phi) is 9.22. The topological polar surface area (TPSA) is 132 Å². The molecule has 2 aliphatic heterocycles. The van der Waals surface area contributed by atoms with Gasteiger partial charge in [0, 0.05) is 50.0 Å². The maximum absolute atomic E-state index is 13.1. The normalized spacial score (nSPS) is 17.7. The summed E-state index contributed by atoms with van der Waals surface area (Å²) in [6, 6.07) is 12.7. The van der Waals surface area contributed by atoms with Crippen LogP contribution in [-0.4, -0.2) is 62.0 Å². The van der Waals surface area contributed by atoms with Gasteiger partial charge in [0.05, 0.1) is 24.1 Å². The Labute approximate surface area is 229 Å². The van der Waals surface area contributed by atoms with Crippen LogP contribution in [0.15, 0.2) is 42.5 Å². The average Bonchev–Trinajstić information content (AvgIpc) is 3.36. The number of anilines is 3. The van der Waals surface area contributed by atoms with Gasteiger partial charge >= 0.3 is 12.3 Å². The van der Waals surface area contributed by atoms with Crippen molar-refractivity contribution in [1.82, 2.24) is 16.0 Å². The number of benzene rings is 2. The van der Waals surface area contributed by atoms with Crippen LogP contribution in [0, 0.1) is 11.8 Å². The number of hydrogen-bond acceptors (Lipinski definition) is 6. The van der Waals surface area contributed by atoms with Crippen LogP contribution < -0.4 is 30.9 Å². The summed E-state index contributed by atoms with van der Waals surface area (Å²) < 4.78 is 45.2. The van der Waals surface area contributed by atoms with Crippen LogP contribution in [0.2, 0.25) is 0 Å². The van der Waals surface area contributed by atoms with Gasteiger partial charge in [0.2, 0.25) is 11.8 Å². The molecule has 1 atom stereocenters. The minimum absolute atomic E-state index is 0.00795. The Balaban J connectivity index is 1.38. The predicted octanol–water partition coefficient (Wildman–Crippen LogP) is 3.61. The molecule has 5 N–H and O–H groups in total. The summed E-state index contributed by atoms with van der Waals surface area (Å²) in [4.78, 5) is 36.1. The molecule has 1 unspecified atom stereocenters. The van der Waals surface area contributed by atoms with Crippen molar-refractivity contribution in [2.45, 2.75) is 32.0 Å². The van der Waals surface area contributed by atoms with E-state index in [1.807, 2.05) is 29.2 Å². The molecule has 3 amide bonds. The fourth-order valence-electron chi connectivity index (χ4n) is 4.73. The van der Waals surface area contributed by atoms with Crippen LogP contribution in [0.1, 0.15) is 24.8 Å². The zero-order valence-electron chi connectivity index (χ0n) is 21.7. The van der Waals surface area contributed by atoms with Gasteiger partial charge in [-0.2, -0.15) is 13.2 Å². The SMILES string of the molecule is O=C(O)NCCOc1cc(Nc2ccc(CNC(=O)C3CNC(=O)C3)cc2)ccc1N1CCC(C(F)(F)F)CC1. The van der Waals surface area contributed by atoms with E-state index in [9.17, 15) is 27.6 Å². The number of nitrogens with zero attached hydrogens (tertiary/aromatic N) is 1. The summed E-state index contributed by atoms with van der Waals surface area (Å²) in [7, 11) is 0. The summed E-state index contributed by atoms with van der Waals surface area (Å²) in [5.41, 5.74) is 2.96. The van der Waals surface area contributed by atoms with Crippen LogP contribution in [0.5, 0.6) is 5.75 Å². The first-order chi connectivity index (χ1) is 19.1. The molecule has 2 fully saturated rings. The lowest BCUT2D eigenvalue weighted by Gasteiger charge is -2.35. The molecule has 0 aliphatic carbocycles. The van der Waals surface area contributed by atoms with Crippen molar-refractivity contribution in [3.63, 3.8) is 0 Å². The molecule has 0 spiro atoms. The molecule has 10 nitrogen and oxygen atoms in total. The summed E-state index contributed by atoms with van der Waals surface area (Å²) in [6.45, 7) is 1.23. The molecular formula is C27H32F3N5O5. The average molecular weight is 564 g/mol. The number of hydrogen-bond donors (Lipinski definition) is 5. The van der Waals surface area contributed by atoms with Gasteiger partial charge in [-0.15, -0.1) is 0 Å². The lowest BCUT2D eigenvalue weighted by atomic mass is 9.96. The molecule has 0 saturated carbocycles. The Morgan fingerprint density at radius 3 is 2.38 bits per heavy atom. The molecule has 2 aromatic carbocycles. The highest BCUT2D eigenvalue weighted by Crippen LogP contribution is 2.39. The summed E-state index contributed by atoms with van der Waals surface area (Å²) >= 11 is 0. The van der Waals surface area contributed by atoms with E-state index in [1.54, 1.807) is 18.2 Å². The molecule has 13 heteroatoms. The highest BCUT2D eigenvalue weighted by molar-refractivity contribution is 5.89. The molecule has 2 aromatic rings. The lowest BCUT2D eigenvalue weighted by molar-refractivity contribution is -0.179. The number of carbonyl (C=O) groups excluding carboxylic acids is 2. The second-order valence-corrected chi connectivity index (χ2v) is 9.81. The zero-order chi connectivity index (χ0) is 28.7. The first-order valence-electron chi connectivity index (χ1n) is 13.0. The lowest BCUT2D eigenvalue weighted by Crippen LogP contribution is -2.39. The largest absolute Gasteiger partial charge is 0.489 e. The maximum atomic E-state index is 13.1. The molecule has 2 aliphatic rings. The number of carbonyl (C=O) groups is 3. The summed E-state index contributed by atoms with van der Waals surface area (Å²) in [5, 5.41) is 19.8. The highest BCUT2D eigenvalue weighted by atomic mass is 19.4. The number of rotatable bonds is 10. The van der Waals surface area contributed by atoms with Gasteiger partial charge < -0.3 is 36.0 Å². The number of piperidine rings is 1. The number of halogens is 3. The van der Waals surface area contributed by atoms with Gasteiger partial charge in [-0.3, -0.25) is 9.59 Å². The minimum atomic E-state index is -4.21. The quantitative estimate of drug-likeness (QED) is 0.279. The maximum Gasteiger partial charge on any atom is 0.404 e. The molecular weight excluding hydrogens is 531 g/mol. The Morgan fingerprint density at radius 2 is 1.75 bits per heavy atom. The smallest absolute Gasteiger partial charge is 0.404 e. The molecule has 0 radical (unpaired) electrons. The fraction of sp³-hybridized carbons (Fsp3) is 0.444. The Morgan fingerprint density at radius 1 is 1.05 bits per heavy atom. The van der Waals surface area contributed by atoms with E-state index in [-0.39, 0.29) is 63.2 Å². The van der Waals surface area contributed by atoms with Gasteiger partial charge in [-0.25, -0.2) is 4.79 Å². The Hall–Kier alpha value is -4.16. The second-order valence-electron chi connectivity index (χ2n) is 9.81. The van der Waals surface area contributed by atoms with Crippen molar-refractivity contribution >= 4 is 35.0 Å². The molecule has 2 saturated heterocycles. The van der Waals surface area contributed by atoms with Crippen LogP contribution >= 0.6 is 0 Å². The standard InChI is InChI=1S/C27H32F3N5O5/c28-27(29,30)19-7-10-35(11-8-19)22-6-5-21(14-23(22)40-12-9-31-26(38)39)34-20-3-1-17(2-4-20)15-33-25(37)18-13-24(36)32-16-18/h1-6,14,18-19,31,34H,7-13,15-16H2,(H,32,36)(H,33,37)(H,38,39). The number of nitrogens with one attached hydrogen (secondary N) is 4. The third-order valence-electron chi connectivity index (χ3n) is 6.95. The monoisotopic (exact) mass is 563 g/mol. The summed E-state index contributed by atoms with van der Waals surface area (Å²) in [5.74, 6) is -1.55. The molecule has 4 rings (SSSR count). The van der Waals surface area contributed by atoms with E-state index in [2.05, 4.69) is 21.3 Å². The minimum Gasteiger partial charge on any atom is -0.489 e. The second kappa shape index (κ2) is 12.8. The first kappa shape index (κ1) is 28.8. The van der Waals surface area contributed by atoms with E-state index in [0.717, 1.165) is 11.3 Å². The van der Waals surface area contributed by atoms with Crippen molar-refractivity contribution in [2.75, 3.05) is 43.0 Å². The van der Waals surface area contributed by atoms with Crippen molar-refractivity contribution in [3.8, 4) is 5.75 Å². The van der Waals surface area contributed by atoms with E-state index in [4.69, 9.17) is 9.84 Å². The van der Waals surface area contributed by atoms with E-state index < -0.39 is 18.2 Å². The van der Waals surface area contributed by atoms with Gasteiger partial charge in [-0.1, -0.05) is 12.1 Å². The van der Waals surface area contributed by atoms with Crippen molar-refractivity contribution in [1.29, 1.82) is 0 Å². The molecule has 216 valence electrons. The van der Waals surface area contributed by atoms with Crippen molar-refractivity contribution < 1.29 is 37.4 Å². The fourth-order valence-corrected chi connectivity index (χ4v) is 4.73. The van der Waals surface area contributed by atoms with Gasteiger partial charge in [0.25, 0.3) is 0 Å². The van der Waals surface area contributed by atoms with Gasteiger partial charge in [0.1, 0.15) is 12.4 Å². The predicted molar refractivity (Wildman–Crippen MR) is 142 cm³/mol. The number of amides is 3. The van der Waals surface area contributed by atoms with Crippen molar-refractivity contribution in [2.24, 2.45) is 11.8 Å². The van der Waals surface area contributed by atoms with Gasteiger partial charge in [-0.05, 0) is 42.7 Å². The molecule has 2 heterocycles. The Bertz CT molecular complexity index is 1200. The third-order valence-corrected chi connectivity index (χ3v) is 6.95. The van der Waals surface area contributed by atoms with Gasteiger partial charge in [0.15, 0.2) is 0 Å². The molecule has 40 heavy (non-hydrogen) atoms. The van der Waals surface area contributed by atoms with E-state index >= 15 is 0 Å². The van der Waals surface area contributed by atoms with Crippen LogP contribution in [0.3, 0.4) is 0 Å². The van der Waals surface area contributed by atoms with Crippen molar-refractivity contribution in [3.05, 3.63) is 48.0 Å². The zero-order valence-corrected chi connectivity index (χ0v) is 21.7. The first-order valence-corrected chi connectivity index (χ1v) is 13.0. The highest BCUT2D eigenvalue weighted by Gasteiger charge is 2.41. The number of carboxylic acid groups (broad SMARTS) is 1.